The summed E-state index contributed by atoms with van der Waals surface area (Å²) < 4.78 is 15.7. The molecule has 0 spiro atoms. The number of halogens is 2. The van der Waals surface area contributed by atoms with Crippen LogP contribution in [0.2, 0.25) is 5.02 Å². The highest BCUT2D eigenvalue weighted by atomic mass is 35.5. The topological polar surface area (TPSA) is 63.0 Å². The molecule has 126 valence electrons. The SMILES string of the molecule is CC(C)Cc1cc(=O)[nH]c2nnc(SCc3c(F)cccc3Cl)n12. The summed E-state index contributed by atoms with van der Waals surface area (Å²) in [7, 11) is 0. The molecule has 2 aromatic heterocycles. The highest BCUT2D eigenvalue weighted by Crippen LogP contribution is 2.28. The van der Waals surface area contributed by atoms with Crippen molar-refractivity contribution >= 4 is 29.1 Å². The van der Waals surface area contributed by atoms with Crippen LogP contribution in [0.3, 0.4) is 0 Å². The fourth-order valence-corrected chi connectivity index (χ4v) is 3.75. The minimum Gasteiger partial charge on any atom is -0.291 e. The van der Waals surface area contributed by atoms with E-state index in [0.29, 0.717) is 39.6 Å². The van der Waals surface area contributed by atoms with Crippen molar-refractivity contribution in [3.05, 3.63) is 56.7 Å². The molecule has 3 rings (SSSR count). The average molecular weight is 367 g/mol. The van der Waals surface area contributed by atoms with Crippen LogP contribution in [0, 0.1) is 11.7 Å². The van der Waals surface area contributed by atoms with Gasteiger partial charge in [0.2, 0.25) is 5.78 Å². The Balaban J connectivity index is 1.97. The zero-order valence-electron chi connectivity index (χ0n) is 13.2. The van der Waals surface area contributed by atoms with Crippen molar-refractivity contribution in [2.24, 2.45) is 5.92 Å². The largest absolute Gasteiger partial charge is 0.291 e. The summed E-state index contributed by atoms with van der Waals surface area (Å²) in [6, 6.07) is 6.16. The summed E-state index contributed by atoms with van der Waals surface area (Å²) in [4.78, 5) is 14.4. The molecule has 0 saturated heterocycles. The van der Waals surface area contributed by atoms with Gasteiger partial charge in [-0.05, 0) is 24.5 Å². The summed E-state index contributed by atoms with van der Waals surface area (Å²) >= 11 is 7.39. The van der Waals surface area contributed by atoms with Crippen molar-refractivity contribution < 1.29 is 4.39 Å². The van der Waals surface area contributed by atoms with Crippen LogP contribution >= 0.6 is 23.4 Å². The first-order valence-electron chi connectivity index (χ1n) is 7.48. The molecular formula is C16H16ClFN4OS. The third-order valence-corrected chi connectivity index (χ3v) is 4.79. The van der Waals surface area contributed by atoms with Gasteiger partial charge >= 0.3 is 0 Å². The minimum absolute atomic E-state index is 0.209. The van der Waals surface area contributed by atoms with E-state index in [1.807, 2.05) is 0 Å². The van der Waals surface area contributed by atoms with Crippen molar-refractivity contribution in [1.82, 2.24) is 19.6 Å². The number of H-pyrrole nitrogens is 1. The number of aromatic nitrogens is 4. The molecule has 0 atom stereocenters. The van der Waals surface area contributed by atoms with E-state index in [1.165, 1.54) is 17.8 Å². The normalized spacial score (nSPS) is 11.5. The lowest BCUT2D eigenvalue weighted by Gasteiger charge is -2.09. The summed E-state index contributed by atoms with van der Waals surface area (Å²) in [6.07, 6.45) is 0.715. The third kappa shape index (κ3) is 3.47. The fourth-order valence-electron chi connectivity index (χ4n) is 2.44. The molecule has 2 heterocycles. The molecule has 0 aliphatic heterocycles. The molecule has 1 N–H and O–H groups in total. The number of hydrogen-bond donors (Lipinski definition) is 1. The van der Waals surface area contributed by atoms with Crippen LogP contribution in [0.5, 0.6) is 0 Å². The maximum Gasteiger partial charge on any atom is 0.252 e. The number of thioether (sulfide) groups is 1. The number of hydrogen-bond acceptors (Lipinski definition) is 4. The van der Waals surface area contributed by atoms with Crippen molar-refractivity contribution in [3.8, 4) is 0 Å². The minimum atomic E-state index is -0.348. The van der Waals surface area contributed by atoms with Crippen LogP contribution in [0.1, 0.15) is 25.1 Å². The van der Waals surface area contributed by atoms with Crippen LogP contribution in [-0.4, -0.2) is 19.6 Å². The Morgan fingerprint density at radius 2 is 2.17 bits per heavy atom. The Bertz CT molecular complexity index is 917. The lowest BCUT2D eigenvalue weighted by molar-refractivity contribution is 0.617. The van der Waals surface area contributed by atoms with E-state index in [4.69, 9.17) is 11.6 Å². The second-order valence-corrected chi connectivity index (χ2v) is 7.20. The second-order valence-electron chi connectivity index (χ2n) is 5.85. The Labute approximate surface area is 147 Å². The van der Waals surface area contributed by atoms with Gasteiger partial charge < -0.3 is 0 Å². The van der Waals surface area contributed by atoms with Gasteiger partial charge in [0.05, 0.1) is 0 Å². The monoisotopic (exact) mass is 366 g/mol. The zero-order valence-corrected chi connectivity index (χ0v) is 14.8. The van der Waals surface area contributed by atoms with E-state index in [-0.39, 0.29) is 11.4 Å². The number of aromatic amines is 1. The first-order chi connectivity index (χ1) is 11.5. The van der Waals surface area contributed by atoms with E-state index in [2.05, 4.69) is 29.0 Å². The molecule has 0 aliphatic carbocycles. The van der Waals surface area contributed by atoms with Gasteiger partial charge in [-0.15, -0.1) is 10.2 Å². The maximum absolute atomic E-state index is 13.9. The summed E-state index contributed by atoms with van der Waals surface area (Å²) in [5.41, 5.74) is 1.05. The van der Waals surface area contributed by atoms with Crippen molar-refractivity contribution in [3.63, 3.8) is 0 Å². The summed E-state index contributed by atoms with van der Waals surface area (Å²) in [6.45, 7) is 4.15. The Hall–Kier alpha value is -1.86. The molecule has 1 aromatic carbocycles. The Kier molecular flexibility index (Phi) is 4.91. The van der Waals surface area contributed by atoms with Crippen LogP contribution in [0.25, 0.3) is 5.78 Å². The molecule has 0 unspecified atom stereocenters. The predicted molar refractivity (Wildman–Crippen MR) is 93.1 cm³/mol. The quantitative estimate of drug-likeness (QED) is 0.699. The van der Waals surface area contributed by atoms with E-state index >= 15 is 0 Å². The van der Waals surface area contributed by atoms with Crippen LogP contribution < -0.4 is 5.56 Å². The molecule has 3 aromatic rings. The van der Waals surface area contributed by atoms with Crippen molar-refractivity contribution in [2.45, 2.75) is 31.2 Å². The molecule has 8 heteroatoms. The van der Waals surface area contributed by atoms with E-state index in [9.17, 15) is 9.18 Å². The van der Waals surface area contributed by atoms with E-state index in [1.54, 1.807) is 22.6 Å². The molecule has 0 bridgehead atoms. The van der Waals surface area contributed by atoms with Gasteiger partial charge in [0.25, 0.3) is 5.56 Å². The van der Waals surface area contributed by atoms with Gasteiger partial charge in [-0.2, -0.15) is 0 Å². The zero-order chi connectivity index (χ0) is 17.3. The first kappa shape index (κ1) is 17.0. The number of rotatable bonds is 5. The average Bonchev–Trinajstić information content (AvgIpc) is 2.89. The molecule has 0 amide bonds. The number of fused-ring (bicyclic) bond motifs is 1. The van der Waals surface area contributed by atoms with E-state index < -0.39 is 0 Å². The maximum atomic E-state index is 13.9. The first-order valence-corrected chi connectivity index (χ1v) is 8.85. The van der Waals surface area contributed by atoms with E-state index in [0.717, 1.165) is 5.69 Å². The lowest BCUT2D eigenvalue weighted by Crippen LogP contribution is -2.13. The molecule has 24 heavy (non-hydrogen) atoms. The lowest BCUT2D eigenvalue weighted by atomic mass is 10.1. The predicted octanol–water partition coefficient (Wildman–Crippen LogP) is 3.70. The van der Waals surface area contributed by atoms with Crippen LogP contribution in [0.4, 0.5) is 4.39 Å². The number of nitrogens with one attached hydrogen (secondary N) is 1. The molecule has 0 radical (unpaired) electrons. The molecule has 0 fully saturated rings. The standard InChI is InChI=1S/C16H16ClFN4OS/c1-9(2)6-10-7-14(23)19-15-20-21-16(22(10)15)24-8-11-12(17)4-3-5-13(11)18/h3-5,7,9H,6,8H2,1-2H3,(H,19,20,23). The third-order valence-electron chi connectivity index (χ3n) is 3.48. The van der Waals surface area contributed by atoms with Gasteiger partial charge in [0.15, 0.2) is 5.16 Å². The number of nitrogens with zero attached hydrogens (tertiary/aromatic N) is 3. The summed E-state index contributed by atoms with van der Waals surface area (Å²) in [5, 5.41) is 9.11. The second kappa shape index (κ2) is 6.94. The van der Waals surface area contributed by atoms with Gasteiger partial charge in [-0.25, -0.2) is 4.39 Å². The summed E-state index contributed by atoms with van der Waals surface area (Å²) in [5.74, 6) is 0.739. The Morgan fingerprint density at radius 1 is 1.38 bits per heavy atom. The van der Waals surface area contributed by atoms with Gasteiger partial charge in [0.1, 0.15) is 5.82 Å². The van der Waals surface area contributed by atoms with Gasteiger partial charge in [-0.3, -0.25) is 14.2 Å². The van der Waals surface area contributed by atoms with Crippen LogP contribution in [0.15, 0.2) is 34.2 Å². The molecule has 0 saturated carbocycles. The highest BCUT2D eigenvalue weighted by Gasteiger charge is 2.15. The Morgan fingerprint density at radius 3 is 2.88 bits per heavy atom. The fraction of sp³-hybridized carbons (Fsp3) is 0.312. The molecule has 5 nitrogen and oxygen atoms in total. The number of benzene rings is 1. The smallest absolute Gasteiger partial charge is 0.252 e. The highest BCUT2D eigenvalue weighted by molar-refractivity contribution is 7.98. The van der Waals surface area contributed by atoms with Gasteiger partial charge in [0, 0.05) is 28.1 Å². The van der Waals surface area contributed by atoms with Crippen molar-refractivity contribution in [1.29, 1.82) is 0 Å². The molecule has 0 aliphatic rings. The molecular weight excluding hydrogens is 351 g/mol. The van der Waals surface area contributed by atoms with Crippen molar-refractivity contribution in [2.75, 3.05) is 0 Å². The van der Waals surface area contributed by atoms with Crippen LogP contribution in [-0.2, 0) is 12.2 Å². The van der Waals surface area contributed by atoms with Gasteiger partial charge in [-0.1, -0.05) is 43.3 Å².